The number of nitrogens with zero attached hydrogens (tertiary/aromatic N) is 2. The minimum absolute atomic E-state index is 0.0850. The molecule has 6 heteroatoms. The minimum Gasteiger partial charge on any atom is -0.389 e. The molecule has 3 aromatic rings. The van der Waals surface area contributed by atoms with Gasteiger partial charge in [-0.25, -0.2) is 9.97 Å². The maximum absolute atomic E-state index is 12.5. The highest BCUT2D eigenvalue weighted by atomic mass is 16.3. The fraction of sp³-hybridized carbons (Fsp3) is 0.125. The Morgan fingerprint density at radius 1 is 0.867 bits per heavy atom. The van der Waals surface area contributed by atoms with E-state index in [-0.39, 0.29) is 5.78 Å². The van der Waals surface area contributed by atoms with Gasteiger partial charge in [-0.1, -0.05) is 0 Å². The SMILES string of the molecule is CC(=O)c1c2nc(c(C(C)O)c3ccc(cc4nc(cc5ccc1[nH]5)C=C4)[nH]3)C=C2. The predicted molar refractivity (Wildman–Crippen MR) is 119 cm³/mol. The number of aliphatic hydroxyl groups is 1. The largest absolute Gasteiger partial charge is 0.389 e. The summed E-state index contributed by atoms with van der Waals surface area (Å²) in [5.74, 6) is -0.0850. The number of ketones is 1. The number of carbonyl (C=O) groups is 1. The Kier molecular flexibility index (Phi) is 4.22. The highest BCUT2D eigenvalue weighted by Crippen LogP contribution is 2.27. The van der Waals surface area contributed by atoms with Crippen LogP contribution in [-0.2, 0) is 0 Å². The van der Waals surface area contributed by atoms with E-state index in [0.717, 1.165) is 27.9 Å². The van der Waals surface area contributed by atoms with Crippen LogP contribution in [0.2, 0.25) is 0 Å². The number of nitrogens with one attached hydrogen (secondary N) is 2. The Bertz CT molecular complexity index is 1400. The second-order valence-corrected chi connectivity index (χ2v) is 7.47. The predicted octanol–water partition coefficient (Wildman–Crippen LogP) is 4.91. The van der Waals surface area contributed by atoms with Gasteiger partial charge in [-0.2, -0.15) is 0 Å². The van der Waals surface area contributed by atoms with Crippen molar-refractivity contribution >= 4 is 52.2 Å². The first kappa shape index (κ1) is 18.3. The average molecular weight is 396 g/mol. The molecule has 8 bridgehead atoms. The Morgan fingerprint density at radius 2 is 1.47 bits per heavy atom. The van der Waals surface area contributed by atoms with Gasteiger partial charge in [0.2, 0.25) is 0 Å². The van der Waals surface area contributed by atoms with Gasteiger partial charge >= 0.3 is 0 Å². The number of H-pyrrole nitrogens is 2. The van der Waals surface area contributed by atoms with Gasteiger partial charge in [0.15, 0.2) is 5.78 Å². The monoisotopic (exact) mass is 396 g/mol. The molecule has 0 fully saturated rings. The highest BCUT2D eigenvalue weighted by molar-refractivity contribution is 6.04. The van der Waals surface area contributed by atoms with E-state index >= 15 is 0 Å². The first-order chi connectivity index (χ1) is 14.5. The quantitative estimate of drug-likeness (QED) is 0.370. The van der Waals surface area contributed by atoms with E-state index in [1.54, 1.807) is 6.92 Å². The number of fused-ring (bicyclic) bond motifs is 8. The van der Waals surface area contributed by atoms with Crippen molar-refractivity contribution < 1.29 is 9.90 Å². The normalized spacial score (nSPS) is 13.6. The van der Waals surface area contributed by atoms with Crippen molar-refractivity contribution in [3.05, 3.63) is 70.3 Å². The van der Waals surface area contributed by atoms with Gasteiger partial charge in [-0.15, -0.1) is 0 Å². The van der Waals surface area contributed by atoms with Gasteiger partial charge in [0, 0.05) is 22.1 Å². The molecule has 0 amide bonds. The summed E-state index contributed by atoms with van der Waals surface area (Å²) in [7, 11) is 0. The maximum Gasteiger partial charge on any atom is 0.164 e. The van der Waals surface area contributed by atoms with Crippen LogP contribution in [0.25, 0.3) is 46.4 Å². The molecule has 3 aromatic heterocycles. The van der Waals surface area contributed by atoms with Crippen molar-refractivity contribution in [2.75, 3.05) is 0 Å². The topological polar surface area (TPSA) is 94.7 Å². The van der Waals surface area contributed by atoms with E-state index in [1.165, 1.54) is 6.92 Å². The van der Waals surface area contributed by atoms with Crippen LogP contribution in [0.5, 0.6) is 0 Å². The lowest BCUT2D eigenvalue weighted by Gasteiger charge is -2.05. The molecule has 3 N–H and O–H groups in total. The maximum atomic E-state index is 12.5. The van der Waals surface area contributed by atoms with Crippen molar-refractivity contribution in [2.45, 2.75) is 20.0 Å². The van der Waals surface area contributed by atoms with E-state index in [1.807, 2.05) is 60.7 Å². The summed E-state index contributed by atoms with van der Waals surface area (Å²) in [5, 5.41) is 10.5. The van der Waals surface area contributed by atoms with Crippen molar-refractivity contribution in [1.29, 1.82) is 0 Å². The number of rotatable bonds is 2. The fourth-order valence-electron chi connectivity index (χ4n) is 3.91. The molecule has 1 atom stereocenters. The van der Waals surface area contributed by atoms with Gasteiger partial charge in [0.05, 0.1) is 40.0 Å². The number of Topliss-reactive ketones (excluding diaryl/α,β-unsaturated/α-hetero) is 1. The molecule has 0 aromatic carbocycles. The number of hydrogen-bond acceptors (Lipinski definition) is 4. The van der Waals surface area contributed by atoms with E-state index in [9.17, 15) is 9.90 Å². The molecular formula is C24H20N4O2. The van der Waals surface area contributed by atoms with Crippen molar-refractivity contribution in [3.8, 4) is 0 Å². The third-order valence-corrected chi connectivity index (χ3v) is 5.21. The molecule has 30 heavy (non-hydrogen) atoms. The molecule has 148 valence electrons. The molecule has 2 aliphatic heterocycles. The summed E-state index contributed by atoms with van der Waals surface area (Å²) in [6.07, 6.45) is 6.81. The van der Waals surface area contributed by atoms with Crippen LogP contribution in [0.15, 0.2) is 36.4 Å². The standard InChI is InChI=1S/C24H20N4O2/c1-13(29)23-19-7-5-17(26-19)11-15-3-4-16(25-15)12-18-6-8-20(27-18)24(14(2)30)22-10-9-21(23)28-22/h3-13,26-27,29H,1-2H3. The van der Waals surface area contributed by atoms with Gasteiger partial charge in [-0.05, 0) is 74.5 Å². The summed E-state index contributed by atoms with van der Waals surface area (Å²) in [5.41, 5.74) is 7.24. The van der Waals surface area contributed by atoms with Crippen LogP contribution < -0.4 is 0 Å². The molecule has 0 radical (unpaired) electrons. The third-order valence-electron chi connectivity index (χ3n) is 5.21. The molecular weight excluding hydrogens is 376 g/mol. The summed E-state index contributed by atoms with van der Waals surface area (Å²) in [6, 6.07) is 11.6. The van der Waals surface area contributed by atoms with Crippen LogP contribution in [0.3, 0.4) is 0 Å². The van der Waals surface area contributed by atoms with Crippen molar-refractivity contribution in [3.63, 3.8) is 0 Å². The molecule has 2 aliphatic rings. The van der Waals surface area contributed by atoms with Crippen LogP contribution in [0.1, 0.15) is 58.6 Å². The first-order valence-electron chi connectivity index (χ1n) is 9.77. The number of aromatic nitrogens is 4. The smallest absolute Gasteiger partial charge is 0.164 e. The van der Waals surface area contributed by atoms with E-state index in [2.05, 4.69) is 15.0 Å². The zero-order valence-corrected chi connectivity index (χ0v) is 16.6. The van der Waals surface area contributed by atoms with Crippen molar-refractivity contribution in [2.24, 2.45) is 0 Å². The molecule has 5 rings (SSSR count). The Hall–Kier alpha value is -3.77. The van der Waals surface area contributed by atoms with Gasteiger partial charge < -0.3 is 15.1 Å². The summed E-state index contributed by atoms with van der Waals surface area (Å²) >= 11 is 0. The van der Waals surface area contributed by atoms with Crippen LogP contribution in [0.4, 0.5) is 0 Å². The molecule has 0 spiro atoms. The van der Waals surface area contributed by atoms with E-state index < -0.39 is 6.10 Å². The molecule has 0 saturated carbocycles. The second-order valence-electron chi connectivity index (χ2n) is 7.47. The van der Waals surface area contributed by atoms with Crippen LogP contribution >= 0.6 is 0 Å². The Labute approximate surface area is 172 Å². The highest BCUT2D eigenvalue weighted by Gasteiger charge is 2.16. The van der Waals surface area contributed by atoms with E-state index in [4.69, 9.17) is 4.98 Å². The number of aliphatic hydroxyl groups excluding tert-OH is 1. The van der Waals surface area contributed by atoms with Gasteiger partial charge in [-0.3, -0.25) is 4.79 Å². The second kappa shape index (κ2) is 6.93. The molecule has 1 unspecified atom stereocenters. The molecule has 0 aliphatic carbocycles. The summed E-state index contributed by atoms with van der Waals surface area (Å²) in [4.78, 5) is 28.4. The third kappa shape index (κ3) is 3.17. The number of carbonyl (C=O) groups excluding carboxylic acids is 1. The average Bonchev–Trinajstić information content (AvgIpc) is 3.46. The molecule has 6 nitrogen and oxygen atoms in total. The lowest BCUT2D eigenvalue weighted by molar-refractivity contribution is 0.101. The molecule has 0 saturated heterocycles. The Balaban J connectivity index is 1.95. The lowest BCUT2D eigenvalue weighted by Crippen LogP contribution is -1.98. The number of hydrogen-bond donors (Lipinski definition) is 3. The minimum atomic E-state index is -0.741. The first-order valence-corrected chi connectivity index (χ1v) is 9.77. The van der Waals surface area contributed by atoms with E-state index in [0.29, 0.717) is 28.0 Å². The Morgan fingerprint density at radius 3 is 2.10 bits per heavy atom. The van der Waals surface area contributed by atoms with Crippen LogP contribution in [-0.4, -0.2) is 30.8 Å². The molecule has 5 heterocycles. The zero-order chi connectivity index (χ0) is 20.8. The van der Waals surface area contributed by atoms with Crippen LogP contribution in [0, 0.1) is 0 Å². The number of aromatic amines is 2. The zero-order valence-electron chi connectivity index (χ0n) is 16.6. The lowest BCUT2D eigenvalue weighted by atomic mass is 10.1. The van der Waals surface area contributed by atoms with Crippen molar-refractivity contribution in [1.82, 2.24) is 19.9 Å². The fourth-order valence-corrected chi connectivity index (χ4v) is 3.91. The van der Waals surface area contributed by atoms with Gasteiger partial charge in [0.1, 0.15) is 0 Å². The summed E-state index contributed by atoms with van der Waals surface area (Å²) in [6.45, 7) is 3.24. The van der Waals surface area contributed by atoms with Gasteiger partial charge in [0.25, 0.3) is 0 Å². The summed E-state index contributed by atoms with van der Waals surface area (Å²) < 4.78 is 0.